The Morgan fingerprint density at radius 2 is 1.95 bits per heavy atom. The number of ether oxygens (including phenoxy) is 2. The van der Waals surface area contributed by atoms with Crippen molar-refractivity contribution in [3.8, 4) is 11.5 Å². The van der Waals surface area contributed by atoms with E-state index < -0.39 is 0 Å². The van der Waals surface area contributed by atoms with E-state index >= 15 is 0 Å². The first-order chi connectivity index (χ1) is 9.83. The molecule has 0 saturated carbocycles. The first-order valence-electron chi connectivity index (χ1n) is 6.50. The van der Waals surface area contributed by atoms with Crippen LogP contribution in [0.5, 0.6) is 11.5 Å². The molecule has 0 unspecified atom stereocenters. The third-order valence-electron chi connectivity index (χ3n) is 2.99. The minimum absolute atomic E-state index is 0.746. The number of nitrogens with zero attached hydrogens (tertiary/aromatic N) is 2. The molecule has 0 saturated heterocycles. The minimum Gasteiger partial charge on any atom is -0.493 e. The summed E-state index contributed by atoms with van der Waals surface area (Å²) in [5.41, 5.74) is 2.20. The van der Waals surface area contributed by atoms with Gasteiger partial charge in [-0.1, -0.05) is 6.07 Å². The molecule has 20 heavy (non-hydrogen) atoms. The lowest BCUT2D eigenvalue weighted by Crippen LogP contribution is -2.17. The molecular formula is C15H19N3O2. The molecule has 1 heterocycles. The van der Waals surface area contributed by atoms with E-state index in [2.05, 4.69) is 15.3 Å². The van der Waals surface area contributed by atoms with Crippen LogP contribution in [0.4, 0.5) is 0 Å². The Labute approximate surface area is 119 Å². The van der Waals surface area contributed by atoms with E-state index in [1.165, 1.54) is 5.56 Å². The Bertz CT molecular complexity index is 532. The van der Waals surface area contributed by atoms with Crippen molar-refractivity contribution in [2.24, 2.45) is 0 Å². The van der Waals surface area contributed by atoms with Crippen molar-refractivity contribution in [2.75, 3.05) is 20.8 Å². The van der Waals surface area contributed by atoms with Crippen LogP contribution in [0.15, 0.2) is 36.8 Å². The zero-order chi connectivity index (χ0) is 14.2. The van der Waals surface area contributed by atoms with Crippen LogP contribution in [0, 0.1) is 0 Å². The van der Waals surface area contributed by atoms with Crippen molar-refractivity contribution in [2.45, 2.75) is 13.0 Å². The van der Waals surface area contributed by atoms with Crippen LogP contribution in [0.3, 0.4) is 0 Å². The summed E-state index contributed by atoms with van der Waals surface area (Å²) in [6.07, 6.45) is 4.23. The molecule has 0 fully saturated rings. The second-order valence-electron chi connectivity index (χ2n) is 4.32. The number of methoxy groups -OCH3 is 2. The minimum atomic E-state index is 0.746. The van der Waals surface area contributed by atoms with Crippen LogP contribution in [-0.4, -0.2) is 30.7 Å². The fourth-order valence-electron chi connectivity index (χ4n) is 1.91. The van der Waals surface area contributed by atoms with Crippen LogP contribution in [0.25, 0.3) is 0 Å². The van der Waals surface area contributed by atoms with Crippen LogP contribution in [-0.2, 0) is 13.0 Å². The third-order valence-corrected chi connectivity index (χ3v) is 2.99. The summed E-state index contributed by atoms with van der Waals surface area (Å²) in [6.45, 7) is 1.62. The van der Waals surface area contributed by atoms with Crippen molar-refractivity contribution in [1.29, 1.82) is 0 Å². The molecule has 0 radical (unpaired) electrons. The molecule has 0 aliphatic rings. The van der Waals surface area contributed by atoms with Crippen molar-refractivity contribution in [1.82, 2.24) is 15.3 Å². The Kier molecular flexibility index (Phi) is 5.32. The zero-order valence-corrected chi connectivity index (χ0v) is 11.8. The highest BCUT2D eigenvalue weighted by Gasteiger charge is 2.04. The van der Waals surface area contributed by atoms with E-state index in [1.807, 2.05) is 24.3 Å². The summed E-state index contributed by atoms with van der Waals surface area (Å²) in [6, 6.07) is 7.89. The van der Waals surface area contributed by atoms with E-state index in [9.17, 15) is 0 Å². The monoisotopic (exact) mass is 273 g/mol. The third kappa shape index (κ3) is 3.93. The summed E-state index contributed by atoms with van der Waals surface area (Å²) in [7, 11) is 3.29. The molecule has 1 N–H and O–H groups in total. The van der Waals surface area contributed by atoms with E-state index in [0.29, 0.717) is 0 Å². The lowest BCUT2D eigenvalue weighted by molar-refractivity contribution is 0.354. The van der Waals surface area contributed by atoms with Gasteiger partial charge >= 0.3 is 0 Å². The predicted octanol–water partition coefficient (Wildman–Crippen LogP) is 1.83. The van der Waals surface area contributed by atoms with Gasteiger partial charge in [-0.05, 0) is 36.7 Å². The Hall–Kier alpha value is -2.14. The zero-order valence-electron chi connectivity index (χ0n) is 11.8. The number of nitrogens with one attached hydrogen (secondary N) is 1. The fourth-order valence-corrected chi connectivity index (χ4v) is 1.91. The van der Waals surface area contributed by atoms with Crippen molar-refractivity contribution in [3.63, 3.8) is 0 Å². The van der Waals surface area contributed by atoms with Gasteiger partial charge in [0.25, 0.3) is 0 Å². The summed E-state index contributed by atoms with van der Waals surface area (Å²) < 4.78 is 10.5. The average molecular weight is 273 g/mol. The Morgan fingerprint density at radius 1 is 1.10 bits per heavy atom. The van der Waals surface area contributed by atoms with Gasteiger partial charge in [-0.15, -0.1) is 0 Å². The van der Waals surface area contributed by atoms with Gasteiger partial charge in [0.05, 0.1) is 19.9 Å². The van der Waals surface area contributed by atoms with Gasteiger partial charge in [0, 0.05) is 12.7 Å². The second kappa shape index (κ2) is 7.45. The van der Waals surface area contributed by atoms with Gasteiger partial charge in [-0.3, -0.25) is 0 Å². The highest BCUT2D eigenvalue weighted by atomic mass is 16.5. The average Bonchev–Trinajstić information content (AvgIpc) is 2.52. The molecule has 1 aromatic carbocycles. The number of hydrogen-bond donors (Lipinski definition) is 1. The SMILES string of the molecule is COc1ccc(CCNCc2ccncn2)cc1OC. The molecule has 0 aliphatic heterocycles. The van der Waals surface area contributed by atoms with Gasteiger partial charge in [-0.25, -0.2) is 9.97 Å². The van der Waals surface area contributed by atoms with Gasteiger partial charge in [-0.2, -0.15) is 0 Å². The summed E-state index contributed by atoms with van der Waals surface area (Å²) in [5, 5.41) is 3.35. The van der Waals surface area contributed by atoms with Crippen LogP contribution >= 0.6 is 0 Å². The number of aromatic nitrogens is 2. The fraction of sp³-hybridized carbons (Fsp3) is 0.333. The normalized spacial score (nSPS) is 10.3. The largest absolute Gasteiger partial charge is 0.493 e. The van der Waals surface area contributed by atoms with E-state index in [4.69, 9.17) is 9.47 Å². The van der Waals surface area contributed by atoms with Gasteiger partial charge in [0.2, 0.25) is 0 Å². The molecular weight excluding hydrogens is 254 g/mol. The molecule has 2 rings (SSSR count). The van der Waals surface area contributed by atoms with Crippen molar-refractivity contribution in [3.05, 3.63) is 48.0 Å². The molecule has 0 spiro atoms. The first-order valence-corrected chi connectivity index (χ1v) is 6.50. The molecule has 0 atom stereocenters. The highest BCUT2D eigenvalue weighted by Crippen LogP contribution is 2.27. The first kappa shape index (κ1) is 14.3. The summed E-state index contributed by atoms with van der Waals surface area (Å²) >= 11 is 0. The predicted molar refractivity (Wildman–Crippen MR) is 77.0 cm³/mol. The van der Waals surface area contributed by atoms with E-state index in [0.717, 1.165) is 36.7 Å². The van der Waals surface area contributed by atoms with Gasteiger partial charge in [0.1, 0.15) is 6.33 Å². The van der Waals surface area contributed by atoms with Crippen LogP contribution in [0.2, 0.25) is 0 Å². The van der Waals surface area contributed by atoms with Crippen LogP contribution in [0.1, 0.15) is 11.3 Å². The summed E-state index contributed by atoms with van der Waals surface area (Å²) in [5.74, 6) is 1.52. The molecule has 5 nitrogen and oxygen atoms in total. The van der Waals surface area contributed by atoms with Gasteiger partial charge in [0.15, 0.2) is 11.5 Å². The number of benzene rings is 1. The molecule has 0 aliphatic carbocycles. The molecule has 2 aromatic rings. The molecule has 1 aromatic heterocycles. The Morgan fingerprint density at radius 3 is 2.65 bits per heavy atom. The van der Waals surface area contributed by atoms with Crippen LogP contribution < -0.4 is 14.8 Å². The quantitative estimate of drug-likeness (QED) is 0.780. The number of rotatable bonds is 7. The maximum atomic E-state index is 5.29. The van der Waals surface area contributed by atoms with Crippen molar-refractivity contribution >= 4 is 0 Å². The van der Waals surface area contributed by atoms with E-state index in [-0.39, 0.29) is 0 Å². The van der Waals surface area contributed by atoms with Gasteiger partial charge < -0.3 is 14.8 Å². The maximum Gasteiger partial charge on any atom is 0.160 e. The molecule has 106 valence electrons. The Balaban J connectivity index is 1.82. The summed E-state index contributed by atoms with van der Waals surface area (Å²) in [4.78, 5) is 8.06. The highest BCUT2D eigenvalue weighted by molar-refractivity contribution is 5.42. The molecule has 5 heteroatoms. The second-order valence-corrected chi connectivity index (χ2v) is 4.32. The lowest BCUT2D eigenvalue weighted by Gasteiger charge is -2.10. The number of hydrogen-bond acceptors (Lipinski definition) is 5. The van der Waals surface area contributed by atoms with E-state index in [1.54, 1.807) is 26.7 Å². The lowest BCUT2D eigenvalue weighted by atomic mass is 10.1. The maximum absolute atomic E-state index is 5.29. The molecule has 0 bridgehead atoms. The smallest absolute Gasteiger partial charge is 0.160 e. The molecule has 0 amide bonds. The van der Waals surface area contributed by atoms with Crippen molar-refractivity contribution < 1.29 is 9.47 Å². The standard InChI is InChI=1S/C15H19N3O2/c1-19-14-4-3-12(9-15(14)20-2)5-7-16-10-13-6-8-17-11-18-13/h3-4,6,8-9,11,16H,5,7,10H2,1-2H3. The topological polar surface area (TPSA) is 56.3 Å².